The molecule has 1 atom stereocenters. The maximum Gasteiger partial charge on any atom is 0.250 e. The van der Waals surface area contributed by atoms with E-state index in [2.05, 4.69) is 15.4 Å². The molecule has 0 saturated carbocycles. The molecule has 29 heavy (non-hydrogen) atoms. The Morgan fingerprint density at radius 3 is 2.62 bits per heavy atom. The van der Waals surface area contributed by atoms with Gasteiger partial charge in [-0.25, -0.2) is 13.6 Å². The minimum Gasteiger partial charge on any atom is -0.307 e. The molecule has 0 bridgehead atoms. The van der Waals surface area contributed by atoms with Crippen molar-refractivity contribution in [1.29, 1.82) is 0 Å². The van der Waals surface area contributed by atoms with E-state index in [-0.39, 0.29) is 23.4 Å². The number of aromatic nitrogens is 4. The van der Waals surface area contributed by atoms with Crippen LogP contribution in [0.4, 0.5) is 5.69 Å². The van der Waals surface area contributed by atoms with Gasteiger partial charge in [0, 0.05) is 17.3 Å². The number of primary sulfonamides is 1. The number of amides is 1. The summed E-state index contributed by atoms with van der Waals surface area (Å²) in [6, 6.07) is 12.2. The Morgan fingerprint density at radius 2 is 1.93 bits per heavy atom. The number of nitrogens with zero attached hydrogens (tertiary/aromatic N) is 5. The summed E-state index contributed by atoms with van der Waals surface area (Å²) in [5.41, 5.74) is 3.39. The van der Waals surface area contributed by atoms with Crippen molar-refractivity contribution in [2.45, 2.75) is 37.8 Å². The first-order chi connectivity index (χ1) is 13.7. The molecule has 0 spiro atoms. The van der Waals surface area contributed by atoms with Crippen LogP contribution in [0.15, 0.2) is 47.4 Å². The van der Waals surface area contributed by atoms with E-state index in [0.717, 1.165) is 16.7 Å². The van der Waals surface area contributed by atoms with Crippen LogP contribution in [0.2, 0.25) is 0 Å². The average Bonchev–Trinajstić information content (AvgIpc) is 3.24. The topological polar surface area (TPSA) is 124 Å². The number of sulfonamides is 1. The standard InChI is InChI=1S/C19H20N6O3S/c1-12-3-5-14(6-4-12)19-21-23-24(22-19)11-18(26)25-13(2)9-15-10-16(29(20,27)28)7-8-17(15)25/h3-8,10,13H,9,11H2,1-2H3,(H2,20,27,28)/t13-/m0/s1. The number of anilines is 1. The second kappa shape index (κ2) is 7.05. The zero-order chi connectivity index (χ0) is 20.8. The van der Waals surface area contributed by atoms with Gasteiger partial charge in [-0.15, -0.1) is 10.2 Å². The number of aryl methyl sites for hydroxylation is 1. The molecular weight excluding hydrogens is 392 g/mol. The highest BCUT2D eigenvalue weighted by Gasteiger charge is 2.32. The molecule has 1 aliphatic heterocycles. The lowest BCUT2D eigenvalue weighted by atomic mass is 10.1. The minimum absolute atomic E-state index is 0.0402. The molecule has 1 amide bonds. The lowest BCUT2D eigenvalue weighted by Crippen LogP contribution is -2.38. The van der Waals surface area contributed by atoms with E-state index in [9.17, 15) is 13.2 Å². The van der Waals surface area contributed by atoms with E-state index in [1.165, 1.54) is 16.9 Å². The fraction of sp³-hybridized carbons (Fsp3) is 0.263. The molecule has 0 unspecified atom stereocenters. The van der Waals surface area contributed by atoms with Crippen LogP contribution in [-0.4, -0.2) is 40.6 Å². The van der Waals surface area contributed by atoms with Gasteiger partial charge in [0.25, 0.3) is 5.91 Å². The fourth-order valence-corrected chi connectivity index (χ4v) is 4.05. The Hall–Kier alpha value is -3.11. The summed E-state index contributed by atoms with van der Waals surface area (Å²) in [7, 11) is -3.79. The third-order valence-corrected chi connectivity index (χ3v) is 5.81. The van der Waals surface area contributed by atoms with Gasteiger partial charge in [-0.3, -0.25) is 4.79 Å². The van der Waals surface area contributed by atoms with Crippen LogP contribution in [-0.2, 0) is 27.8 Å². The number of carbonyl (C=O) groups excluding carboxylic acids is 1. The number of nitrogens with two attached hydrogens (primary N) is 1. The van der Waals surface area contributed by atoms with Gasteiger partial charge in [0.05, 0.1) is 4.90 Å². The van der Waals surface area contributed by atoms with Gasteiger partial charge in [-0.2, -0.15) is 4.80 Å². The van der Waals surface area contributed by atoms with E-state index < -0.39 is 10.0 Å². The minimum atomic E-state index is -3.79. The van der Waals surface area contributed by atoms with Gasteiger partial charge in [0.2, 0.25) is 15.8 Å². The Labute approximate surface area is 168 Å². The number of rotatable bonds is 4. The second-order valence-electron chi connectivity index (χ2n) is 7.16. The molecule has 3 aromatic rings. The van der Waals surface area contributed by atoms with Crippen molar-refractivity contribution in [3.05, 3.63) is 53.6 Å². The molecule has 1 aromatic heterocycles. The Balaban J connectivity index is 1.55. The first-order valence-electron chi connectivity index (χ1n) is 9.05. The SMILES string of the molecule is Cc1ccc(-c2nnn(CC(=O)N3c4ccc(S(N)(=O)=O)cc4C[C@@H]3C)n2)cc1. The Morgan fingerprint density at radius 1 is 1.21 bits per heavy atom. The first-order valence-corrected chi connectivity index (χ1v) is 10.6. The summed E-state index contributed by atoms with van der Waals surface area (Å²) in [4.78, 5) is 15.9. The molecule has 10 heteroatoms. The van der Waals surface area contributed by atoms with Crippen molar-refractivity contribution >= 4 is 21.6 Å². The number of tetrazole rings is 1. The molecule has 0 saturated heterocycles. The molecule has 0 aliphatic carbocycles. The zero-order valence-electron chi connectivity index (χ0n) is 16.0. The monoisotopic (exact) mass is 412 g/mol. The lowest BCUT2D eigenvalue weighted by Gasteiger charge is -2.22. The predicted molar refractivity (Wildman–Crippen MR) is 106 cm³/mol. The molecule has 2 heterocycles. The number of carbonyl (C=O) groups is 1. The largest absolute Gasteiger partial charge is 0.307 e. The Kier molecular flexibility index (Phi) is 4.67. The van der Waals surface area contributed by atoms with Crippen molar-refractivity contribution < 1.29 is 13.2 Å². The highest BCUT2D eigenvalue weighted by atomic mass is 32.2. The molecule has 150 valence electrons. The fourth-order valence-electron chi connectivity index (χ4n) is 3.49. The third-order valence-electron chi connectivity index (χ3n) is 4.90. The number of benzene rings is 2. The summed E-state index contributed by atoms with van der Waals surface area (Å²) < 4.78 is 23.2. The Bertz CT molecular complexity index is 1190. The van der Waals surface area contributed by atoms with Gasteiger partial charge in [0.15, 0.2) is 0 Å². The molecule has 2 aromatic carbocycles. The van der Waals surface area contributed by atoms with Crippen molar-refractivity contribution in [1.82, 2.24) is 20.2 Å². The van der Waals surface area contributed by atoms with E-state index in [1.54, 1.807) is 11.0 Å². The van der Waals surface area contributed by atoms with Crippen LogP contribution in [0.1, 0.15) is 18.1 Å². The number of fused-ring (bicyclic) bond motifs is 1. The van der Waals surface area contributed by atoms with Gasteiger partial charge in [-0.05, 0) is 49.2 Å². The van der Waals surface area contributed by atoms with Crippen molar-refractivity contribution in [2.24, 2.45) is 5.14 Å². The molecule has 0 radical (unpaired) electrons. The molecule has 2 N–H and O–H groups in total. The van der Waals surface area contributed by atoms with Gasteiger partial charge in [0.1, 0.15) is 6.54 Å². The summed E-state index contributed by atoms with van der Waals surface area (Å²) in [6.07, 6.45) is 0.545. The zero-order valence-corrected chi connectivity index (χ0v) is 16.8. The average molecular weight is 412 g/mol. The summed E-state index contributed by atoms with van der Waals surface area (Å²) in [5, 5.41) is 17.5. The van der Waals surface area contributed by atoms with Gasteiger partial charge in [-0.1, -0.05) is 29.8 Å². The molecule has 9 nitrogen and oxygen atoms in total. The van der Waals surface area contributed by atoms with E-state index in [4.69, 9.17) is 5.14 Å². The second-order valence-corrected chi connectivity index (χ2v) is 8.72. The van der Waals surface area contributed by atoms with Crippen LogP contribution >= 0.6 is 0 Å². The number of hydrogen-bond acceptors (Lipinski definition) is 6. The normalized spacial score (nSPS) is 16.1. The molecule has 4 rings (SSSR count). The summed E-state index contributed by atoms with van der Waals surface area (Å²) in [6.45, 7) is 3.83. The van der Waals surface area contributed by atoms with E-state index in [1.807, 2.05) is 38.1 Å². The molecule has 1 aliphatic rings. The van der Waals surface area contributed by atoms with Gasteiger partial charge >= 0.3 is 0 Å². The first kappa shape index (κ1) is 19.2. The summed E-state index contributed by atoms with van der Waals surface area (Å²) in [5.74, 6) is 0.248. The smallest absolute Gasteiger partial charge is 0.250 e. The highest BCUT2D eigenvalue weighted by Crippen LogP contribution is 2.33. The van der Waals surface area contributed by atoms with Crippen LogP contribution in [0.5, 0.6) is 0 Å². The van der Waals surface area contributed by atoms with E-state index >= 15 is 0 Å². The maximum absolute atomic E-state index is 12.9. The quantitative estimate of drug-likeness (QED) is 0.688. The lowest BCUT2D eigenvalue weighted by molar-refractivity contribution is -0.119. The van der Waals surface area contributed by atoms with Crippen molar-refractivity contribution in [2.75, 3.05) is 4.90 Å². The summed E-state index contributed by atoms with van der Waals surface area (Å²) >= 11 is 0. The molecular formula is C19H20N6O3S. The van der Waals surface area contributed by atoms with Crippen LogP contribution in [0.3, 0.4) is 0 Å². The molecule has 0 fully saturated rings. The van der Waals surface area contributed by atoms with Crippen molar-refractivity contribution in [3.63, 3.8) is 0 Å². The third kappa shape index (κ3) is 3.76. The van der Waals surface area contributed by atoms with E-state index in [0.29, 0.717) is 17.9 Å². The van der Waals surface area contributed by atoms with Crippen molar-refractivity contribution in [3.8, 4) is 11.4 Å². The predicted octanol–water partition coefficient (Wildman–Crippen LogP) is 1.27. The highest BCUT2D eigenvalue weighted by molar-refractivity contribution is 7.89. The van der Waals surface area contributed by atoms with Crippen LogP contribution in [0, 0.1) is 6.92 Å². The maximum atomic E-state index is 12.9. The van der Waals surface area contributed by atoms with Crippen LogP contribution in [0.25, 0.3) is 11.4 Å². The number of hydrogen-bond donors (Lipinski definition) is 1. The van der Waals surface area contributed by atoms with Gasteiger partial charge < -0.3 is 4.90 Å². The van der Waals surface area contributed by atoms with Crippen LogP contribution < -0.4 is 10.0 Å².